The van der Waals surface area contributed by atoms with Gasteiger partial charge in [0.25, 0.3) is 0 Å². The SMILES string of the molecule is COC(=O)N1CCC(NC(=NCC(=O)N(C)C)NCCCN(C)c2ccccc2)CC1. The van der Waals surface area contributed by atoms with Gasteiger partial charge in [-0.15, -0.1) is 0 Å². The standard InChI is InChI=1S/C22H36N6O3/c1-26(2)20(29)17-24-21(25-18-11-15-28(16-12-18)22(30)31-4)23-13-8-14-27(3)19-9-6-5-7-10-19/h5-7,9-10,18H,8,11-17H2,1-4H3,(H2,23,24,25). The highest BCUT2D eigenvalue weighted by Crippen LogP contribution is 2.12. The van der Waals surface area contributed by atoms with Crippen LogP contribution in [0.15, 0.2) is 35.3 Å². The first kappa shape index (κ1) is 24.3. The average Bonchev–Trinajstić information content (AvgIpc) is 2.80. The average molecular weight is 433 g/mol. The Balaban J connectivity index is 1.84. The highest BCUT2D eigenvalue weighted by atomic mass is 16.5. The van der Waals surface area contributed by atoms with Crippen molar-refractivity contribution < 1.29 is 14.3 Å². The van der Waals surface area contributed by atoms with Crippen molar-refractivity contribution in [3.63, 3.8) is 0 Å². The van der Waals surface area contributed by atoms with Crippen LogP contribution < -0.4 is 15.5 Å². The summed E-state index contributed by atoms with van der Waals surface area (Å²) >= 11 is 0. The van der Waals surface area contributed by atoms with Gasteiger partial charge >= 0.3 is 6.09 Å². The molecule has 1 aliphatic rings. The van der Waals surface area contributed by atoms with Crippen LogP contribution in [0.5, 0.6) is 0 Å². The number of carbonyl (C=O) groups is 2. The molecular formula is C22H36N6O3. The van der Waals surface area contributed by atoms with Crippen molar-refractivity contribution >= 4 is 23.6 Å². The second-order valence-corrected chi connectivity index (χ2v) is 7.87. The number of piperidine rings is 1. The molecule has 1 aromatic rings. The lowest BCUT2D eigenvalue weighted by atomic mass is 10.1. The van der Waals surface area contributed by atoms with Crippen LogP contribution in [0.25, 0.3) is 0 Å². The van der Waals surface area contributed by atoms with Crippen LogP contribution in [0.2, 0.25) is 0 Å². The van der Waals surface area contributed by atoms with Gasteiger partial charge in [-0.3, -0.25) is 4.79 Å². The zero-order valence-corrected chi connectivity index (χ0v) is 19.1. The Hall–Kier alpha value is -2.97. The van der Waals surface area contributed by atoms with Crippen LogP contribution in [0.4, 0.5) is 10.5 Å². The lowest BCUT2D eigenvalue weighted by molar-refractivity contribution is -0.127. The van der Waals surface area contributed by atoms with E-state index in [1.54, 1.807) is 19.0 Å². The van der Waals surface area contributed by atoms with Crippen molar-refractivity contribution in [2.24, 2.45) is 4.99 Å². The van der Waals surface area contributed by atoms with Gasteiger partial charge in [0.15, 0.2) is 5.96 Å². The molecule has 0 atom stereocenters. The highest BCUT2D eigenvalue weighted by molar-refractivity contribution is 5.85. The quantitative estimate of drug-likeness (QED) is 0.366. The Morgan fingerprint density at radius 1 is 1.16 bits per heavy atom. The topological polar surface area (TPSA) is 89.5 Å². The number of aliphatic imine (C=N–C) groups is 1. The first-order chi connectivity index (χ1) is 14.9. The van der Waals surface area contributed by atoms with Gasteiger partial charge in [0.05, 0.1) is 7.11 Å². The van der Waals surface area contributed by atoms with Gasteiger partial charge in [0.2, 0.25) is 5.91 Å². The molecule has 1 saturated heterocycles. The summed E-state index contributed by atoms with van der Waals surface area (Å²) in [4.78, 5) is 33.6. The van der Waals surface area contributed by atoms with Crippen LogP contribution in [0.1, 0.15) is 19.3 Å². The number of amides is 2. The van der Waals surface area contributed by atoms with Gasteiger partial charge in [-0.1, -0.05) is 18.2 Å². The van der Waals surface area contributed by atoms with Crippen LogP contribution >= 0.6 is 0 Å². The van der Waals surface area contributed by atoms with E-state index in [-0.39, 0.29) is 24.6 Å². The summed E-state index contributed by atoms with van der Waals surface area (Å²) < 4.78 is 4.79. The minimum absolute atomic E-state index is 0.0505. The molecule has 9 heteroatoms. The van der Waals surface area contributed by atoms with E-state index in [1.165, 1.54) is 17.7 Å². The molecule has 0 bridgehead atoms. The number of methoxy groups -OCH3 is 1. The zero-order chi connectivity index (χ0) is 22.6. The van der Waals surface area contributed by atoms with Gasteiger partial charge in [-0.05, 0) is 31.4 Å². The Morgan fingerprint density at radius 2 is 1.84 bits per heavy atom. The number of nitrogens with zero attached hydrogens (tertiary/aromatic N) is 4. The molecule has 1 heterocycles. The summed E-state index contributed by atoms with van der Waals surface area (Å²) in [6, 6.07) is 10.5. The largest absolute Gasteiger partial charge is 0.453 e. The fourth-order valence-corrected chi connectivity index (χ4v) is 3.30. The Bertz CT molecular complexity index is 717. The fraction of sp³-hybridized carbons (Fsp3) is 0.591. The summed E-state index contributed by atoms with van der Waals surface area (Å²) in [6.07, 6.45) is 2.24. The maximum atomic E-state index is 12.0. The van der Waals surface area contributed by atoms with Crippen molar-refractivity contribution in [2.45, 2.75) is 25.3 Å². The molecule has 2 N–H and O–H groups in total. The smallest absolute Gasteiger partial charge is 0.409 e. The lowest BCUT2D eigenvalue weighted by Gasteiger charge is -2.32. The minimum atomic E-state index is -0.287. The van der Waals surface area contributed by atoms with E-state index in [1.807, 2.05) is 18.2 Å². The number of nitrogens with one attached hydrogen (secondary N) is 2. The van der Waals surface area contributed by atoms with Crippen molar-refractivity contribution in [2.75, 3.05) is 65.9 Å². The highest BCUT2D eigenvalue weighted by Gasteiger charge is 2.23. The molecule has 172 valence electrons. The summed E-state index contributed by atoms with van der Waals surface area (Å²) in [6.45, 7) is 3.00. The molecule has 0 saturated carbocycles. The molecule has 0 radical (unpaired) electrons. The number of guanidine groups is 1. The molecule has 9 nitrogen and oxygen atoms in total. The number of benzene rings is 1. The normalized spacial score (nSPS) is 14.7. The van der Waals surface area contributed by atoms with Gasteiger partial charge in [-0.2, -0.15) is 0 Å². The summed E-state index contributed by atoms with van der Waals surface area (Å²) in [7, 11) is 6.92. The molecule has 31 heavy (non-hydrogen) atoms. The molecule has 0 aliphatic carbocycles. The number of hydrogen-bond acceptors (Lipinski definition) is 5. The number of para-hydroxylation sites is 1. The number of likely N-dealkylation sites (tertiary alicyclic amines) is 1. The third-order valence-electron chi connectivity index (χ3n) is 5.30. The first-order valence-electron chi connectivity index (χ1n) is 10.7. The molecule has 0 unspecified atom stereocenters. The molecule has 0 aromatic heterocycles. The lowest BCUT2D eigenvalue weighted by Crippen LogP contribution is -2.50. The predicted molar refractivity (Wildman–Crippen MR) is 123 cm³/mol. The number of rotatable bonds is 8. The van der Waals surface area contributed by atoms with Gasteiger partial charge in [0, 0.05) is 59.1 Å². The molecule has 1 aliphatic heterocycles. The number of likely N-dealkylation sites (N-methyl/N-ethyl adjacent to an activating group) is 1. The first-order valence-corrected chi connectivity index (χ1v) is 10.7. The molecule has 2 amide bonds. The van der Waals surface area contributed by atoms with E-state index in [4.69, 9.17) is 4.74 Å². The van der Waals surface area contributed by atoms with E-state index in [0.717, 1.165) is 32.4 Å². The van der Waals surface area contributed by atoms with E-state index in [9.17, 15) is 9.59 Å². The molecular weight excluding hydrogens is 396 g/mol. The van der Waals surface area contributed by atoms with Gasteiger partial charge in [-0.25, -0.2) is 9.79 Å². The maximum absolute atomic E-state index is 12.0. The Morgan fingerprint density at radius 3 is 2.45 bits per heavy atom. The zero-order valence-electron chi connectivity index (χ0n) is 19.1. The molecule has 0 spiro atoms. The maximum Gasteiger partial charge on any atom is 0.409 e. The van der Waals surface area contributed by atoms with E-state index < -0.39 is 0 Å². The van der Waals surface area contributed by atoms with E-state index >= 15 is 0 Å². The number of anilines is 1. The van der Waals surface area contributed by atoms with Crippen LogP contribution in [0, 0.1) is 0 Å². The second-order valence-electron chi connectivity index (χ2n) is 7.87. The third kappa shape index (κ3) is 8.35. The molecule has 1 fully saturated rings. The van der Waals surface area contributed by atoms with Crippen LogP contribution in [0.3, 0.4) is 0 Å². The summed E-state index contributed by atoms with van der Waals surface area (Å²) in [5.74, 6) is 0.583. The van der Waals surface area contributed by atoms with Crippen molar-refractivity contribution in [3.8, 4) is 0 Å². The second kappa shape index (κ2) is 12.7. The van der Waals surface area contributed by atoms with Gasteiger partial charge in [0.1, 0.15) is 6.54 Å². The summed E-state index contributed by atoms with van der Waals surface area (Å²) in [5.41, 5.74) is 1.18. The van der Waals surface area contributed by atoms with Crippen molar-refractivity contribution in [1.29, 1.82) is 0 Å². The van der Waals surface area contributed by atoms with Crippen molar-refractivity contribution in [1.82, 2.24) is 20.4 Å². The third-order valence-corrected chi connectivity index (χ3v) is 5.30. The van der Waals surface area contributed by atoms with Crippen LogP contribution in [-0.4, -0.2) is 94.8 Å². The van der Waals surface area contributed by atoms with E-state index in [0.29, 0.717) is 19.0 Å². The fourth-order valence-electron chi connectivity index (χ4n) is 3.30. The summed E-state index contributed by atoms with van der Waals surface area (Å²) in [5, 5.41) is 6.77. The Labute approximate surface area is 185 Å². The molecule has 1 aromatic carbocycles. The van der Waals surface area contributed by atoms with E-state index in [2.05, 4.69) is 39.7 Å². The van der Waals surface area contributed by atoms with Crippen LogP contribution in [-0.2, 0) is 9.53 Å². The number of carbonyl (C=O) groups excluding carboxylic acids is 2. The molecule has 2 rings (SSSR count). The minimum Gasteiger partial charge on any atom is -0.453 e. The van der Waals surface area contributed by atoms with Crippen molar-refractivity contribution in [3.05, 3.63) is 30.3 Å². The number of hydrogen-bond donors (Lipinski definition) is 2. The monoisotopic (exact) mass is 432 g/mol. The van der Waals surface area contributed by atoms with Gasteiger partial charge < -0.3 is 30.1 Å². The Kier molecular flexibility index (Phi) is 9.93. The predicted octanol–water partition coefficient (Wildman–Crippen LogP) is 1.37. The number of ether oxygens (including phenoxy) is 1.